The average Bonchev–Trinajstić information content (AvgIpc) is 3.22. The number of carbonyl (C=O) groups excluding carboxylic acids is 1. The fraction of sp³-hybridized carbons (Fsp3) is 0.615. The molecule has 3 N–H and O–H groups in total. The summed E-state index contributed by atoms with van der Waals surface area (Å²) in [6.07, 6.45) is 3.92. The van der Waals surface area contributed by atoms with E-state index in [2.05, 4.69) is 20.2 Å². The fourth-order valence-corrected chi connectivity index (χ4v) is 2.69. The normalized spacial score (nSPS) is 19.9. The zero-order chi connectivity index (χ0) is 14.1. The van der Waals surface area contributed by atoms with Crippen LogP contribution in [0.3, 0.4) is 0 Å². The van der Waals surface area contributed by atoms with Crippen LogP contribution in [0.5, 0.6) is 0 Å². The zero-order valence-corrected chi connectivity index (χ0v) is 11.9. The maximum Gasteiger partial charge on any atom is 0.223 e. The number of rotatable bonds is 3. The van der Waals surface area contributed by atoms with E-state index in [1.165, 1.54) is 0 Å². The van der Waals surface area contributed by atoms with Crippen molar-refractivity contribution >= 4 is 29.3 Å². The van der Waals surface area contributed by atoms with Gasteiger partial charge in [0.05, 0.1) is 0 Å². The SMILES string of the molecule is Nc1nc(Cl)cc(N2CCC(NC(=O)C3CC3)CC2)n1. The van der Waals surface area contributed by atoms with Gasteiger partial charge in [0.1, 0.15) is 11.0 Å². The van der Waals surface area contributed by atoms with Crippen LogP contribution in [-0.2, 0) is 4.79 Å². The van der Waals surface area contributed by atoms with Crippen LogP contribution in [0.4, 0.5) is 11.8 Å². The van der Waals surface area contributed by atoms with Crippen molar-refractivity contribution in [1.82, 2.24) is 15.3 Å². The molecule has 0 aromatic carbocycles. The molecular weight excluding hydrogens is 278 g/mol. The van der Waals surface area contributed by atoms with Gasteiger partial charge < -0.3 is 16.0 Å². The first-order valence-electron chi connectivity index (χ1n) is 6.97. The molecule has 1 aliphatic carbocycles. The molecule has 0 bridgehead atoms. The van der Waals surface area contributed by atoms with Gasteiger partial charge in [0.25, 0.3) is 0 Å². The van der Waals surface area contributed by atoms with Crippen LogP contribution in [0.15, 0.2) is 6.07 Å². The van der Waals surface area contributed by atoms with E-state index in [9.17, 15) is 4.79 Å². The lowest BCUT2D eigenvalue weighted by Gasteiger charge is -2.33. The number of amides is 1. The smallest absolute Gasteiger partial charge is 0.223 e. The van der Waals surface area contributed by atoms with E-state index in [0.29, 0.717) is 5.15 Å². The molecule has 108 valence electrons. The van der Waals surface area contributed by atoms with Crippen molar-refractivity contribution < 1.29 is 4.79 Å². The second kappa shape index (κ2) is 5.44. The Balaban J connectivity index is 1.56. The van der Waals surface area contributed by atoms with Crippen molar-refractivity contribution in [3.63, 3.8) is 0 Å². The third kappa shape index (κ3) is 3.12. The molecule has 2 aliphatic rings. The second-order valence-electron chi connectivity index (χ2n) is 5.45. The third-order valence-corrected chi connectivity index (χ3v) is 4.01. The monoisotopic (exact) mass is 295 g/mol. The van der Waals surface area contributed by atoms with Crippen LogP contribution in [-0.4, -0.2) is 35.0 Å². The number of piperidine rings is 1. The summed E-state index contributed by atoms with van der Waals surface area (Å²) in [7, 11) is 0. The van der Waals surface area contributed by atoms with Gasteiger partial charge in [-0.05, 0) is 25.7 Å². The molecule has 0 atom stereocenters. The summed E-state index contributed by atoms with van der Waals surface area (Å²) in [6, 6.07) is 2.00. The first-order valence-corrected chi connectivity index (χ1v) is 7.35. The van der Waals surface area contributed by atoms with Gasteiger partial charge in [-0.15, -0.1) is 0 Å². The number of nitrogens with two attached hydrogens (primary N) is 1. The molecule has 1 saturated heterocycles. The maximum absolute atomic E-state index is 11.7. The second-order valence-corrected chi connectivity index (χ2v) is 5.84. The summed E-state index contributed by atoms with van der Waals surface area (Å²) in [5.41, 5.74) is 5.61. The summed E-state index contributed by atoms with van der Waals surface area (Å²) in [4.78, 5) is 21.9. The lowest BCUT2D eigenvalue weighted by Crippen LogP contribution is -2.45. The molecule has 6 nitrogen and oxygen atoms in total. The Morgan fingerprint density at radius 1 is 1.30 bits per heavy atom. The molecule has 2 fully saturated rings. The minimum atomic E-state index is 0.191. The predicted molar refractivity (Wildman–Crippen MR) is 77.6 cm³/mol. The van der Waals surface area contributed by atoms with E-state index in [1.807, 2.05) is 0 Å². The third-order valence-electron chi connectivity index (χ3n) is 3.81. The van der Waals surface area contributed by atoms with Crippen LogP contribution < -0.4 is 16.0 Å². The molecular formula is C13H18ClN5O. The van der Waals surface area contributed by atoms with E-state index in [1.54, 1.807) is 6.07 Å². The zero-order valence-electron chi connectivity index (χ0n) is 11.2. The summed E-state index contributed by atoms with van der Waals surface area (Å²) in [6.45, 7) is 1.67. The van der Waals surface area contributed by atoms with Gasteiger partial charge in [-0.25, -0.2) is 4.98 Å². The lowest BCUT2D eigenvalue weighted by molar-refractivity contribution is -0.123. The number of anilines is 2. The van der Waals surface area contributed by atoms with Crippen LogP contribution in [0.2, 0.25) is 5.15 Å². The van der Waals surface area contributed by atoms with E-state index in [0.717, 1.165) is 44.6 Å². The Kier molecular flexibility index (Phi) is 3.65. The van der Waals surface area contributed by atoms with E-state index in [4.69, 9.17) is 17.3 Å². The molecule has 20 heavy (non-hydrogen) atoms. The van der Waals surface area contributed by atoms with E-state index in [-0.39, 0.29) is 23.8 Å². The van der Waals surface area contributed by atoms with Crippen molar-refractivity contribution in [3.8, 4) is 0 Å². The van der Waals surface area contributed by atoms with Crippen molar-refractivity contribution in [2.75, 3.05) is 23.7 Å². The summed E-state index contributed by atoms with van der Waals surface area (Å²) in [5, 5.41) is 3.48. The number of aromatic nitrogens is 2. The molecule has 1 amide bonds. The largest absolute Gasteiger partial charge is 0.368 e. The topological polar surface area (TPSA) is 84.1 Å². The number of nitrogens with zero attached hydrogens (tertiary/aromatic N) is 3. The molecule has 2 heterocycles. The number of nitrogen functional groups attached to an aromatic ring is 1. The highest BCUT2D eigenvalue weighted by Gasteiger charge is 2.31. The Bertz CT molecular complexity index is 491. The number of carbonyl (C=O) groups is 1. The first kappa shape index (κ1) is 13.4. The fourth-order valence-electron chi connectivity index (χ4n) is 2.50. The number of nitrogens with one attached hydrogen (secondary N) is 1. The Labute approximate surface area is 122 Å². The molecule has 7 heteroatoms. The number of halogens is 1. The summed E-state index contributed by atoms with van der Waals surface area (Å²) < 4.78 is 0. The molecule has 0 radical (unpaired) electrons. The molecule has 0 unspecified atom stereocenters. The van der Waals surface area contributed by atoms with Crippen molar-refractivity contribution in [2.45, 2.75) is 31.7 Å². The van der Waals surface area contributed by atoms with Crippen LogP contribution in [0, 0.1) is 5.92 Å². The van der Waals surface area contributed by atoms with E-state index < -0.39 is 0 Å². The molecule has 1 saturated carbocycles. The van der Waals surface area contributed by atoms with Gasteiger partial charge >= 0.3 is 0 Å². The highest BCUT2D eigenvalue weighted by molar-refractivity contribution is 6.29. The van der Waals surface area contributed by atoms with Crippen molar-refractivity contribution in [2.24, 2.45) is 5.92 Å². The van der Waals surface area contributed by atoms with Crippen LogP contribution in [0.1, 0.15) is 25.7 Å². The van der Waals surface area contributed by atoms with Gasteiger partial charge in [-0.2, -0.15) is 4.98 Å². The van der Waals surface area contributed by atoms with Crippen molar-refractivity contribution in [3.05, 3.63) is 11.2 Å². The Hall–Kier alpha value is -1.56. The van der Waals surface area contributed by atoms with Gasteiger partial charge in [-0.1, -0.05) is 11.6 Å². The molecule has 1 aliphatic heterocycles. The van der Waals surface area contributed by atoms with Gasteiger partial charge in [0.2, 0.25) is 11.9 Å². The quantitative estimate of drug-likeness (QED) is 0.819. The van der Waals surface area contributed by atoms with Crippen LogP contribution >= 0.6 is 11.6 Å². The number of hydrogen-bond donors (Lipinski definition) is 2. The average molecular weight is 296 g/mol. The summed E-state index contributed by atoms with van der Waals surface area (Å²) >= 11 is 5.89. The minimum absolute atomic E-state index is 0.191. The van der Waals surface area contributed by atoms with Gasteiger partial charge in [-0.3, -0.25) is 4.79 Å². The van der Waals surface area contributed by atoms with Gasteiger partial charge in [0, 0.05) is 31.1 Å². The summed E-state index contributed by atoms with van der Waals surface area (Å²) in [5.74, 6) is 1.44. The van der Waals surface area contributed by atoms with E-state index >= 15 is 0 Å². The Morgan fingerprint density at radius 3 is 2.60 bits per heavy atom. The van der Waals surface area contributed by atoms with Crippen molar-refractivity contribution in [1.29, 1.82) is 0 Å². The lowest BCUT2D eigenvalue weighted by atomic mass is 10.0. The molecule has 1 aromatic heterocycles. The Morgan fingerprint density at radius 2 is 2.00 bits per heavy atom. The molecule has 3 rings (SSSR count). The minimum Gasteiger partial charge on any atom is -0.368 e. The highest BCUT2D eigenvalue weighted by atomic mass is 35.5. The van der Waals surface area contributed by atoms with Crippen LogP contribution in [0.25, 0.3) is 0 Å². The highest BCUT2D eigenvalue weighted by Crippen LogP contribution is 2.29. The maximum atomic E-state index is 11.7. The molecule has 0 spiro atoms. The predicted octanol–water partition coefficient (Wildman–Crippen LogP) is 1.21. The number of hydrogen-bond acceptors (Lipinski definition) is 5. The first-order chi connectivity index (χ1) is 9.61. The standard InChI is InChI=1S/C13H18ClN5O/c14-10-7-11(18-13(15)17-10)19-5-3-9(4-6-19)16-12(20)8-1-2-8/h7-9H,1-6H2,(H,16,20)(H2,15,17,18). The van der Waals surface area contributed by atoms with Gasteiger partial charge in [0.15, 0.2) is 0 Å². The molecule has 1 aromatic rings.